The van der Waals surface area contributed by atoms with Crippen LogP contribution in [0.2, 0.25) is 0 Å². The van der Waals surface area contributed by atoms with Crippen LogP contribution in [0.3, 0.4) is 0 Å². The van der Waals surface area contributed by atoms with Gasteiger partial charge in [0.05, 0.1) is 0 Å². The maximum atomic E-state index is 3.54. The van der Waals surface area contributed by atoms with Gasteiger partial charge >= 0.3 is 0 Å². The lowest BCUT2D eigenvalue weighted by atomic mass is 10.2. The quantitative estimate of drug-likeness (QED) is 0.724. The van der Waals surface area contributed by atoms with Crippen LogP contribution in [0.25, 0.3) is 0 Å². The highest BCUT2D eigenvalue weighted by Crippen LogP contribution is 2.25. The molecule has 21 heavy (non-hydrogen) atoms. The topological polar surface area (TPSA) is 15.3 Å². The van der Waals surface area contributed by atoms with E-state index in [1.165, 1.54) is 37.2 Å². The van der Waals surface area contributed by atoms with Crippen molar-refractivity contribution in [1.82, 2.24) is 0 Å². The second-order valence-corrected chi connectivity index (χ2v) is 7.05. The summed E-state index contributed by atoms with van der Waals surface area (Å²) in [4.78, 5) is 2.45. The molecule has 1 aliphatic rings. The van der Waals surface area contributed by atoms with E-state index in [4.69, 9.17) is 0 Å². The molecule has 2 aromatic rings. The fourth-order valence-corrected chi connectivity index (χ4v) is 3.29. The first-order valence-electron chi connectivity index (χ1n) is 7.25. The van der Waals surface area contributed by atoms with Crippen molar-refractivity contribution in [2.75, 3.05) is 23.3 Å². The highest BCUT2D eigenvalue weighted by atomic mass is 79.9. The van der Waals surface area contributed by atoms with Crippen molar-refractivity contribution in [3.8, 4) is 0 Å². The minimum Gasteiger partial charge on any atom is -0.381 e. The summed E-state index contributed by atoms with van der Waals surface area (Å²) in [6.45, 7) is 3.22. The molecule has 0 aliphatic carbocycles. The van der Waals surface area contributed by atoms with Gasteiger partial charge in [0, 0.05) is 40.0 Å². The molecule has 1 heterocycles. The second-order valence-electron chi connectivity index (χ2n) is 5.34. The summed E-state index contributed by atoms with van der Waals surface area (Å²) >= 11 is 7.03. The van der Waals surface area contributed by atoms with Crippen molar-refractivity contribution in [2.24, 2.45) is 0 Å². The van der Waals surface area contributed by atoms with Crippen molar-refractivity contribution in [2.45, 2.75) is 19.4 Å². The highest BCUT2D eigenvalue weighted by molar-refractivity contribution is 9.13. The lowest BCUT2D eigenvalue weighted by molar-refractivity contribution is 0.949. The van der Waals surface area contributed by atoms with Crippen LogP contribution in [0.15, 0.2) is 51.4 Å². The maximum Gasteiger partial charge on any atom is 0.0401 e. The number of hydrogen-bond acceptors (Lipinski definition) is 2. The molecule has 0 unspecified atom stereocenters. The zero-order chi connectivity index (χ0) is 14.7. The minimum absolute atomic E-state index is 0.828. The van der Waals surface area contributed by atoms with Gasteiger partial charge < -0.3 is 10.2 Å². The Labute approximate surface area is 142 Å². The van der Waals surface area contributed by atoms with E-state index < -0.39 is 0 Å². The fraction of sp³-hybridized carbons (Fsp3) is 0.294. The van der Waals surface area contributed by atoms with E-state index in [1.54, 1.807) is 0 Å². The van der Waals surface area contributed by atoms with E-state index in [0.29, 0.717) is 0 Å². The number of nitrogens with zero attached hydrogens (tertiary/aromatic N) is 1. The average molecular weight is 410 g/mol. The van der Waals surface area contributed by atoms with Gasteiger partial charge in [-0.05, 0) is 86.7 Å². The van der Waals surface area contributed by atoms with Crippen molar-refractivity contribution in [3.05, 3.63) is 57.0 Å². The summed E-state index contributed by atoms with van der Waals surface area (Å²) in [7, 11) is 0. The number of benzene rings is 2. The Morgan fingerprint density at radius 3 is 2.29 bits per heavy atom. The zero-order valence-corrected chi connectivity index (χ0v) is 15.0. The van der Waals surface area contributed by atoms with Crippen LogP contribution in [0, 0.1) is 0 Å². The first-order valence-corrected chi connectivity index (χ1v) is 8.84. The van der Waals surface area contributed by atoms with Gasteiger partial charge in [-0.15, -0.1) is 0 Å². The number of nitrogens with one attached hydrogen (secondary N) is 1. The molecule has 4 heteroatoms. The summed E-state index contributed by atoms with van der Waals surface area (Å²) in [5, 5.41) is 3.47. The SMILES string of the molecule is Brc1ccc(CNc2ccc(N3CCCC3)cc2)cc1Br. The first-order chi connectivity index (χ1) is 10.2. The third-order valence-electron chi connectivity index (χ3n) is 3.82. The Morgan fingerprint density at radius 2 is 1.62 bits per heavy atom. The van der Waals surface area contributed by atoms with E-state index in [2.05, 4.69) is 84.5 Å². The van der Waals surface area contributed by atoms with Crippen molar-refractivity contribution >= 4 is 43.2 Å². The monoisotopic (exact) mass is 408 g/mol. The predicted octanol–water partition coefficient (Wildman–Crippen LogP) is 5.42. The molecule has 1 saturated heterocycles. The van der Waals surface area contributed by atoms with Crippen LogP contribution in [0.1, 0.15) is 18.4 Å². The van der Waals surface area contributed by atoms with E-state index >= 15 is 0 Å². The number of halogens is 2. The van der Waals surface area contributed by atoms with Crippen molar-refractivity contribution in [1.29, 1.82) is 0 Å². The molecule has 0 aromatic heterocycles. The molecule has 0 atom stereocenters. The Morgan fingerprint density at radius 1 is 0.905 bits per heavy atom. The summed E-state index contributed by atoms with van der Waals surface area (Å²) in [5.74, 6) is 0. The van der Waals surface area contributed by atoms with Crippen LogP contribution in [0.5, 0.6) is 0 Å². The molecular formula is C17H18Br2N2. The normalized spacial score (nSPS) is 14.5. The number of rotatable bonds is 4. The van der Waals surface area contributed by atoms with E-state index in [9.17, 15) is 0 Å². The maximum absolute atomic E-state index is 3.54. The third kappa shape index (κ3) is 3.80. The smallest absolute Gasteiger partial charge is 0.0401 e. The van der Waals surface area contributed by atoms with Gasteiger partial charge in [0.1, 0.15) is 0 Å². The minimum atomic E-state index is 0.828. The van der Waals surface area contributed by atoms with Gasteiger partial charge in [-0.25, -0.2) is 0 Å². The molecule has 0 amide bonds. The molecule has 1 fully saturated rings. The molecule has 1 aliphatic heterocycles. The average Bonchev–Trinajstić information content (AvgIpc) is 3.03. The summed E-state index contributed by atoms with van der Waals surface area (Å²) < 4.78 is 2.17. The third-order valence-corrected chi connectivity index (χ3v) is 5.70. The molecule has 3 rings (SSSR count). The van der Waals surface area contributed by atoms with Gasteiger partial charge in [-0.3, -0.25) is 0 Å². The van der Waals surface area contributed by atoms with Gasteiger partial charge in [-0.2, -0.15) is 0 Å². The van der Waals surface area contributed by atoms with Gasteiger partial charge in [0.15, 0.2) is 0 Å². The summed E-state index contributed by atoms with van der Waals surface area (Å²) in [5.41, 5.74) is 3.76. The van der Waals surface area contributed by atoms with Crippen LogP contribution < -0.4 is 10.2 Å². The lowest BCUT2D eigenvalue weighted by Gasteiger charge is -2.18. The van der Waals surface area contributed by atoms with Crippen molar-refractivity contribution < 1.29 is 0 Å². The summed E-state index contributed by atoms with van der Waals surface area (Å²) in [6, 6.07) is 15.1. The first kappa shape index (κ1) is 14.9. The Balaban J connectivity index is 1.61. The molecule has 110 valence electrons. The van der Waals surface area contributed by atoms with Crippen molar-refractivity contribution in [3.63, 3.8) is 0 Å². The zero-order valence-electron chi connectivity index (χ0n) is 11.8. The Hall–Kier alpha value is -1.000. The van der Waals surface area contributed by atoms with Crippen LogP contribution in [-0.2, 0) is 6.54 Å². The largest absolute Gasteiger partial charge is 0.381 e. The van der Waals surface area contributed by atoms with E-state index in [1.807, 2.05) is 0 Å². The Bertz CT molecular complexity index is 605. The van der Waals surface area contributed by atoms with E-state index in [0.717, 1.165) is 21.2 Å². The van der Waals surface area contributed by atoms with Gasteiger partial charge in [0.25, 0.3) is 0 Å². The standard InChI is InChI=1S/C17H18Br2N2/c18-16-8-3-13(11-17(16)19)12-20-14-4-6-15(7-5-14)21-9-1-2-10-21/h3-8,11,20H,1-2,9-10,12H2. The molecule has 2 aromatic carbocycles. The van der Waals surface area contributed by atoms with Gasteiger partial charge in [0.2, 0.25) is 0 Å². The fourth-order valence-electron chi connectivity index (χ4n) is 2.62. The number of hydrogen-bond donors (Lipinski definition) is 1. The molecular weight excluding hydrogens is 392 g/mol. The summed E-state index contributed by atoms with van der Waals surface area (Å²) in [6.07, 6.45) is 2.64. The van der Waals surface area contributed by atoms with E-state index in [-0.39, 0.29) is 0 Å². The van der Waals surface area contributed by atoms with Gasteiger partial charge in [-0.1, -0.05) is 6.07 Å². The molecule has 1 N–H and O–H groups in total. The second kappa shape index (κ2) is 6.84. The predicted molar refractivity (Wildman–Crippen MR) is 97.1 cm³/mol. The molecule has 0 radical (unpaired) electrons. The molecule has 0 spiro atoms. The van der Waals surface area contributed by atoms with Crippen LogP contribution >= 0.6 is 31.9 Å². The van der Waals surface area contributed by atoms with Crippen LogP contribution in [-0.4, -0.2) is 13.1 Å². The lowest BCUT2D eigenvalue weighted by Crippen LogP contribution is -2.17. The number of anilines is 2. The molecule has 0 saturated carbocycles. The Kier molecular flexibility index (Phi) is 4.86. The molecule has 0 bridgehead atoms. The molecule has 2 nitrogen and oxygen atoms in total. The highest BCUT2D eigenvalue weighted by Gasteiger charge is 2.11. The van der Waals surface area contributed by atoms with Crippen LogP contribution in [0.4, 0.5) is 11.4 Å².